The second-order valence-electron chi connectivity index (χ2n) is 6.05. The molecule has 1 aromatic carbocycles. The van der Waals surface area contributed by atoms with E-state index in [4.69, 9.17) is 0 Å². The second kappa shape index (κ2) is 9.35. The van der Waals surface area contributed by atoms with E-state index in [0.29, 0.717) is 6.04 Å². The van der Waals surface area contributed by atoms with Crippen LogP contribution in [0.25, 0.3) is 0 Å². The van der Waals surface area contributed by atoms with Gasteiger partial charge in [-0.2, -0.15) is 0 Å². The normalized spacial score (nSPS) is 18.9. The summed E-state index contributed by atoms with van der Waals surface area (Å²) in [7, 11) is 6.15. The van der Waals surface area contributed by atoms with Gasteiger partial charge in [-0.15, -0.1) is 24.0 Å². The maximum absolute atomic E-state index is 4.40. The SMILES string of the molecule is CN=C(NCC1CCCN1C)N(C)Cc1ccc(C)cc1.I. The Morgan fingerprint density at radius 2 is 2.05 bits per heavy atom. The second-order valence-corrected chi connectivity index (χ2v) is 6.05. The number of likely N-dealkylation sites (N-methyl/N-ethyl adjacent to an activating group) is 1. The molecular weight excluding hydrogens is 387 g/mol. The van der Waals surface area contributed by atoms with E-state index in [-0.39, 0.29) is 24.0 Å². The first kappa shape index (κ1) is 19.2. The standard InChI is InChI=1S/C17H28N4.HI/c1-14-7-9-15(10-8-14)13-21(4)17(18-2)19-12-16-6-5-11-20(16)3;/h7-10,16H,5-6,11-13H2,1-4H3,(H,18,19);1H. The van der Waals surface area contributed by atoms with Crippen molar-refractivity contribution in [3.05, 3.63) is 35.4 Å². The molecule has 4 nitrogen and oxygen atoms in total. The molecule has 0 bridgehead atoms. The highest BCUT2D eigenvalue weighted by Crippen LogP contribution is 2.13. The molecule has 0 amide bonds. The molecule has 2 rings (SSSR count). The third kappa shape index (κ3) is 5.43. The number of halogens is 1. The van der Waals surface area contributed by atoms with Crippen LogP contribution in [0.3, 0.4) is 0 Å². The van der Waals surface area contributed by atoms with Crippen LogP contribution in [-0.2, 0) is 6.54 Å². The molecule has 1 unspecified atom stereocenters. The Kier molecular flexibility index (Phi) is 8.17. The molecule has 1 aliphatic heterocycles. The molecule has 1 aromatic rings. The number of nitrogens with zero attached hydrogens (tertiary/aromatic N) is 3. The van der Waals surface area contributed by atoms with Gasteiger partial charge in [0.1, 0.15) is 0 Å². The summed E-state index contributed by atoms with van der Waals surface area (Å²) >= 11 is 0. The third-order valence-corrected chi connectivity index (χ3v) is 4.28. The van der Waals surface area contributed by atoms with Crippen molar-refractivity contribution < 1.29 is 0 Å². The molecule has 1 N–H and O–H groups in total. The number of hydrogen-bond acceptors (Lipinski definition) is 2. The number of rotatable bonds is 4. The summed E-state index contributed by atoms with van der Waals surface area (Å²) in [4.78, 5) is 9.01. The van der Waals surface area contributed by atoms with E-state index >= 15 is 0 Å². The number of benzene rings is 1. The number of aryl methyl sites for hydroxylation is 1. The molecule has 1 aliphatic rings. The van der Waals surface area contributed by atoms with Crippen molar-refractivity contribution in [2.24, 2.45) is 4.99 Å². The van der Waals surface area contributed by atoms with Crippen LogP contribution < -0.4 is 5.32 Å². The van der Waals surface area contributed by atoms with Crippen molar-refractivity contribution in [1.29, 1.82) is 0 Å². The Morgan fingerprint density at radius 1 is 1.36 bits per heavy atom. The Morgan fingerprint density at radius 3 is 2.59 bits per heavy atom. The van der Waals surface area contributed by atoms with E-state index in [0.717, 1.165) is 19.0 Å². The topological polar surface area (TPSA) is 30.9 Å². The van der Waals surface area contributed by atoms with E-state index < -0.39 is 0 Å². The quantitative estimate of drug-likeness (QED) is 0.465. The zero-order chi connectivity index (χ0) is 15.2. The highest BCUT2D eigenvalue weighted by atomic mass is 127. The fraction of sp³-hybridized carbons (Fsp3) is 0.588. The van der Waals surface area contributed by atoms with Gasteiger partial charge in [-0.1, -0.05) is 29.8 Å². The van der Waals surface area contributed by atoms with Gasteiger partial charge >= 0.3 is 0 Å². The molecule has 0 radical (unpaired) electrons. The molecule has 1 saturated heterocycles. The molecule has 0 aromatic heterocycles. The van der Waals surface area contributed by atoms with E-state index in [1.807, 2.05) is 7.05 Å². The van der Waals surface area contributed by atoms with Crippen LogP contribution in [0.4, 0.5) is 0 Å². The summed E-state index contributed by atoms with van der Waals surface area (Å²) < 4.78 is 0. The zero-order valence-corrected chi connectivity index (χ0v) is 16.5. The lowest BCUT2D eigenvalue weighted by molar-refractivity contribution is 0.306. The summed E-state index contributed by atoms with van der Waals surface area (Å²) in [6, 6.07) is 9.32. The molecule has 0 spiro atoms. The summed E-state index contributed by atoms with van der Waals surface area (Å²) in [5.74, 6) is 0.968. The van der Waals surface area contributed by atoms with Crippen molar-refractivity contribution >= 4 is 29.9 Å². The first-order valence-electron chi connectivity index (χ1n) is 7.77. The summed E-state index contributed by atoms with van der Waals surface area (Å²) in [6.07, 6.45) is 2.59. The van der Waals surface area contributed by atoms with Crippen LogP contribution in [0.5, 0.6) is 0 Å². The Labute approximate surface area is 152 Å². The highest BCUT2D eigenvalue weighted by molar-refractivity contribution is 14.0. The molecule has 0 saturated carbocycles. The number of aliphatic imine (C=N–C) groups is 1. The average Bonchev–Trinajstić information content (AvgIpc) is 2.88. The van der Waals surface area contributed by atoms with Crippen LogP contribution in [0.1, 0.15) is 24.0 Å². The minimum atomic E-state index is 0. The smallest absolute Gasteiger partial charge is 0.193 e. The first-order valence-corrected chi connectivity index (χ1v) is 7.77. The largest absolute Gasteiger partial charge is 0.355 e. The average molecular weight is 416 g/mol. The molecule has 124 valence electrons. The number of likely N-dealkylation sites (tertiary alicyclic amines) is 1. The molecule has 5 heteroatoms. The van der Waals surface area contributed by atoms with Gasteiger partial charge in [-0.25, -0.2) is 0 Å². The maximum atomic E-state index is 4.40. The monoisotopic (exact) mass is 416 g/mol. The predicted molar refractivity (Wildman–Crippen MR) is 105 cm³/mol. The molecule has 22 heavy (non-hydrogen) atoms. The summed E-state index contributed by atoms with van der Waals surface area (Å²) in [5.41, 5.74) is 2.61. The van der Waals surface area contributed by atoms with Gasteiger partial charge in [0, 0.05) is 33.2 Å². The van der Waals surface area contributed by atoms with Gasteiger partial charge in [0.25, 0.3) is 0 Å². The Hall–Kier alpha value is -0.820. The van der Waals surface area contributed by atoms with Gasteiger partial charge in [-0.05, 0) is 38.9 Å². The van der Waals surface area contributed by atoms with Crippen molar-refractivity contribution in [2.45, 2.75) is 32.4 Å². The van der Waals surface area contributed by atoms with E-state index in [1.54, 1.807) is 0 Å². The molecular formula is C17H29IN4. The predicted octanol–water partition coefficient (Wildman–Crippen LogP) is 2.71. The van der Waals surface area contributed by atoms with Gasteiger partial charge < -0.3 is 15.1 Å². The van der Waals surface area contributed by atoms with Crippen LogP contribution in [-0.4, -0.2) is 56.0 Å². The van der Waals surface area contributed by atoms with Gasteiger partial charge in [0.15, 0.2) is 5.96 Å². The van der Waals surface area contributed by atoms with Crippen LogP contribution in [0.15, 0.2) is 29.3 Å². The minimum absolute atomic E-state index is 0. The lowest BCUT2D eigenvalue weighted by atomic mass is 10.1. The lowest BCUT2D eigenvalue weighted by Crippen LogP contribution is -2.44. The van der Waals surface area contributed by atoms with Gasteiger partial charge in [0.05, 0.1) is 0 Å². The number of hydrogen-bond donors (Lipinski definition) is 1. The molecule has 0 aliphatic carbocycles. The highest BCUT2D eigenvalue weighted by Gasteiger charge is 2.21. The zero-order valence-electron chi connectivity index (χ0n) is 14.2. The lowest BCUT2D eigenvalue weighted by Gasteiger charge is -2.25. The number of nitrogens with one attached hydrogen (secondary N) is 1. The van der Waals surface area contributed by atoms with E-state index in [9.17, 15) is 0 Å². The fourth-order valence-electron chi connectivity index (χ4n) is 2.87. The van der Waals surface area contributed by atoms with Crippen molar-refractivity contribution in [2.75, 3.05) is 34.2 Å². The summed E-state index contributed by atoms with van der Waals surface area (Å²) in [6.45, 7) is 5.18. The van der Waals surface area contributed by atoms with Crippen LogP contribution in [0, 0.1) is 6.92 Å². The Balaban J connectivity index is 0.00000242. The van der Waals surface area contributed by atoms with Crippen molar-refractivity contribution in [3.63, 3.8) is 0 Å². The molecule has 1 heterocycles. The van der Waals surface area contributed by atoms with Gasteiger partial charge in [0.2, 0.25) is 0 Å². The Bertz CT molecular complexity index is 472. The summed E-state index contributed by atoms with van der Waals surface area (Å²) in [5, 5.41) is 3.51. The minimum Gasteiger partial charge on any atom is -0.355 e. The van der Waals surface area contributed by atoms with Crippen LogP contribution >= 0.6 is 24.0 Å². The first-order chi connectivity index (χ1) is 10.1. The van der Waals surface area contributed by atoms with Gasteiger partial charge in [-0.3, -0.25) is 4.99 Å². The number of guanidine groups is 1. The fourth-order valence-corrected chi connectivity index (χ4v) is 2.87. The van der Waals surface area contributed by atoms with Crippen molar-refractivity contribution in [1.82, 2.24) is 15.1 Å². The van der Waals surface area contributed by atoms with E-state index in [1.165, 1.54) is 30.5 Å². The molecule has 1 fully saturated rings. The maximum Gasteiger partial charge on any atom is 0.193 e. The van der Waals surface area contributed by atoms with Crippen molar-refractivity contribution in [3.8, 4) is 0 Å². The molecule has 1 atom stereocenters. The van der Waals surface area contributed by atoms with E-state index in [2.05, 4.69) is 65.4 Å². The van der Waals surface area contributed by atoms with Crippen LogP contribution in [0.2, 0.25) is 0 Å². The third-order valence-electron chi connectivity index (χ3n) is 4.28.